The first-order chi connectivity index (χ1) is 9.24. The maximum Gasteiger partial charge on any atom is 0.0561 e. The zero-order chi connectivity index (χ0) is 13.2. The van der Waals surface area contributed by atoms with Gasteiger partial charge in [0.2, 0.25) is 0 Å². The Morgan fingerprint density at radius 2 is 2.21 bits per heavy atom. The Hall–Kier alpha value is -1.32. The average Bonchev–Trinajstić information content (AvgIpc) is 2.74. The molecule has 1 fully saturated rings. The molecule has 1 aromatic carbocycles. The SMILES string of the molecule is CC1CC(NCc2cn(C)c3ccccc23)CCO1. The molecule has 1 aromatic heterocycles. The minimum Gasteiger partial charge on any atom is -0.378 e. The molecular weight excluding hydrogens is 236 g/mol. The summed E-state index contributed by atoms with van der Waals surface area (Å²) in [6, 6.07) is 9.18. The van der Waals surface area contributed by atoms with Crippen LogP contribution in [0.2, 0.25) is 0 Å². The van der Waals surface area contributed by atoms with E-state index in [2.05, 4.69) is 54.3 Å². The number of hydrogen-bond donors (Lipinski definition) is 1. The van der Waals surface area contributed by atoms with E-state index in [1.54, 1.807) is 0 Å². The number of nitrogens with one attached hydrogen (secondary N) is 1. The van der Waals surface area contributed by atoms with Crippen molar-refractivity contribution >= 4 is 10.9 Å². The third kappa shape index (κ3) is 2.67. The third-order valence-electron chi connectivity index (χ3n) is 4.05. The van der Waals surface area contributed by atoms with E-state index in [9.17, 15) is 0 Å². The normalized spacial score (nSPS) is 23.9. The highest BCUT2D eigenvalue weighted by Gasteiger charge is 2.19. The molecule has 19 heavy (non-hydrogen) atoms. The van der Waals surface area contributed by atoms with Crippen LogP contribution >= 0.6 is 0 Å². The highest BCUT2D eigenvalue weighted by atomic mass is 16.5. The molecule has 2 unspecified atom stereocenters. The maximum absolute atomic E-state index is 5.59. The first-order valence-corrected chi connectivity index (χ1v) is 7.12. The molecule has 0 bridgehead atoms. The number of ether oxygens (including phenoxy) is 1. The third-order valence-corrected chi connectivity index (χ3v) is 4.05. The lowest BCUT2D eigenvalue weighted by Crippen LogP contribution is -2.37. The van der Waals surface area contributed by atoms with E-state index in [-0.39, 0.29) is 0 Å². The highest BCUT2D eigenvalue weighted by molar-refractivity contribution is 5.83. The van der Waals surface area contributed by atoms with Crippen LogP contribution in [0.3, 0.4) is 0 Å². The van der Waals surface area contributed by atoms with Crippen molar-refractivity contribution in [1.82, 2.24) is 9.88 Å². The van der Waals surface area contributed by atoms with Gasteiger partial charge >= 0.3 is 0 Å². The van der Waals surface area contributed by atoms with Gasteiger partial charge in [-0.1, -0.05) is 18.2 Å². The fraction of sp³-hybridized carbons (Fsp3) is 0.500. The molecule has 3 rings (SSSR count). The van der Waals surface area contributed by atoms with Gasteiger partial charge in [-0.3, -0.25) is 0 Å². The smallest absolute Gasteiger partial charge is 0.0561 e. The second-order valence-electron chi connectivity index (χ2n) is 5.57. The second-order valence-corrected chi connectivity index (χ2v) is 5.57. The van der Waals surface area contributed by atoms with Gasteiger partial charge < -0.3 is 14.6 Å². The minimum atomic E-state index is 0.388. The molecule has 0 radical (unpaired) electrons. The van der Waals surface area contributed by atoms with Crippen molar-refractivity contribution < 1.29 is 4.74 Å². The Labute approximate surface area is 114 Å². The molecule has 0 saturated carbocycles. The molecule has 0 spiro atoms. The number of nitrogens with zero attached hydrogens (tertiary/aromatic N) is 1. The van der Waals surface area contributed by atoms with Gasteiger partial charge in [0, 0.05) is 43.3 Å². The predicted molar refractivity (Wildman–Crippen MR) is 78.2 cm³/mol. The van der Waals surface area contributed by atoms with Gasteiger partial charge in [0.1, 0.15) is 0 Å². The van der Waals surface area contributed by atoms with Crippen LogP contribution in [0, 0.1) is 0 Å². The molecule has 3 heteroatoms. The maximum atomic E-state index is 5.59. The van der Waals surface area contributed by atoms with Crippen molar-refractivity contribution in [3.63, 3.8) is 0 Å². The molecule has 1 aliphatic heterocycles. The Morgan fingerprint density at radius 1 is 1.37 bits per heavy atom. The predicted octanol–water partition coefficient (Wildman–Crippen LogP) is 2.84. The molecular formula is C16H22N2O. The number of benzene rings is 1. The molecule has 0 amide bonds. The average molecular weight is 258 g/mol. The molecule has 2 heterocycles. The lowest BCUT2D eigenvalue weighted by Gasteiger charge is -2.28. The van der Waals surface area contributed by atoms with Crippen molar-refractivity contribution in [2.75, 3.05) is 6.61 Å². The summed E-state index contributed by atoms with van der Waals surface area (Å²) in [6.45, 7) is 3.98. The van der Waals surface area contributed by atoms with Gasteiger partial charge in [-0.05, 0) is 31.4 Å². The van der Waals surface area contributed by atoms with Crippen LogP contribution in [0.1, 0.15) is 25.3 Å². The van der Waals surface area contributed by atoms with Crippen LogP contribution in [-0.4, -0.2) is 23.3 Å². The zero-order valence-corrected chi connectivity index (χ0v) is 11.7. The molecule has 1 saturated heterocycles. The number of hydrogen-bond acceptors (Lipinski definition) is 2. The van der Waals surface area contributed by atoms with E-state index in [0.29, 0.717) is 12.1 Å². The Bertz CT molecular complexity index is 561. The van der Waals surface area contributed by atoms with E-state index >= 15 is 0 Å². The van der Waals surface area contributed by atoms with Crippen LogP contribution in [0.15, 0.2) is 30.5 Å². The number of fused-ring (bicyclic) bond motifs is 1. The monoisotopic (exact) mass is 258 g/mol. The van der Waals surface area contributed by atoms with Gasteiger partial charge in [-0.25, -0.2) is 0 Å². The Kier molecular flexibility index (Phi) is 3.58. The summed E-state index contributed by atoms with van der Waals surface area (Å²) in [7, 11) is 2.11. The number of aryl methyl sites for hydroxylation is 1. The van der Waals surface area contributed by atoms with Crippen LogP contribution in [0.5, 0.6) is 0 Å². The van der Waals surface area contributed by atoms with Gasteiger partial charge in [0.05, 0.1) is 6.10 Å². The summed E-state index contributed by atoms with van der Waals surface area (Å²) in [5, 5.41) is 5.04. The molecule has 2 aromatic rings. The standard InChI is InChI=1S/C16H22N2O/c1-12-9-14(7-8-19-12)17-10-13-11-18(2)16-6-4-3-5-15(13)16/h3-6,11-12,14,17H,7-10H2,1-2H3. The zero-order valence-electron chi connectivity index (χ0n) is 11.7. The van der Waals surface area contributed by atoms with Gasteiger partial charge in [0.25, 0.3) is 0 Å². The van der Waals surface area contributed by atoms with Gasteiger partial charge in [-0.15, -0.1) is 0 Å². The van der Waals surface area contributed by atoms with Crippen molar-refractivity contribution in [2.24, 2.45) is 7.05 Å². The van der Waals surface area contributed by atoms with Crippen LogP contribution < -0.4 is 5.32 Å². The number of aromatic nitrogens is 1. The Morgan fingerprint density at radius 3 is 3.05 bits per heavy atom. The molecule has 1 aliphatic rings. The summed E-state index contributed by atoms with van der Waals surface area (Å²) in [6.07, 6.45) is 4.86. The molecule has 102 valence electrons. The largest absolute Gasteiger partial charge is 0.378 e. The van der Waals surface area contributed by atoms with E-state index in [4.69, 9.17) is 4.74 Å². The Balaban J connectivity index is 1.71. The summed E-state index contributed by atoms with van der Waals surface area (Å²) in [5.74, 6) is 0. The van der Waals surface area contributed by atoms with Gasteiger partial charge in [0.15, 0.2) is 0 Å². The fourth-order valence-electron chi connectivity index (χ4n) is 3.00. The molecule has 0 aliphatic carbocycles. The van der Waals surface area contributed by atoms with E-state index in [1.807, 2.05) is 0 Å². The van der Waals surface area contributed by atoms with Crippen molar-refractivity contribution in [3.05, 3.63) is 36.0 Å². The lowest BCUT2D eigenvalue weighted by atomic mass is 10.0. The first kappa shape index (κ1) is 12.7. The topological polar surface area (TPSA) is 26.2 Å². The fourth-order valence-corrected chi connectivity index (χ4v) is 3.00. The summed E-state index contributed by atoms with van der Waals surface area (Å²) in [4.78, 5) is 0. The van der Waals surface area contributed by atoms with Crippen molar-refractivity contribution in [2.45, 2.75) is 38.5 Å². The lowest BCUT2D eigenvalue weighted by molar-refractivity contribution is 0.0130. The summed E-state index contributed by atoms with van der Waals surface area (Å²) >= 11 is 0. The minimum absolute atomic E-state index is 0.388. The molecule has 3 nitrogen and oxygen atoms in total. The van der Waals surface area contributed by atoms with E-state index in [0.717, 1.165) is 26.0 Å². The number of para-hydroxylation sites is 1. The second kappa shape index (κ2) is 5.35. The molecule has 2 atom stereocenters. The van der Waals surface area contributed by atoms with Crippen molar-refractivity contribution in [3.8, 4) is 0 Å². The van der Waals surface area contributed by atoms with E-state index in [1.165, 1.54) is 16.5 Å². The quantitative estimate of drug-likeness (QED) is 0.916. The molecule has 1 N–H and O–H groups in total. The van der Waals surface area contributed by atoms with Crippen LogP contribution in [0.25, 0.3) is 10.9 Å². The summed E-state index contributed by atoms with van der Waals surface area (Å²) in [5.41, 5.74) is 2.69. The highest BCUT2D eigenvalue weighted by Crippen LogP contribution is 2.21. The summed E-state index contributed by atoms with van der Waals surface area (Å²) < 4.78 is 7.80. The van der Waals surface area contributed by atoms with Gasteiger partial charge in [-0.2, -0.15) is 0 Å². The van der Waals surface area contributed by atoms with Crippen LogP contribution in [0.4, 0.5) is 0 Å². The van der Waals surface area contributed by atoms with Crippen molar-refractivity contribution in [1.29, 1.82) is 0 Å². The number of rotatable bonds is 3. The van der Waals surface area contributed by atoms with E-state index < -0.39 is 0 Å². The first-order valence-electron chi connectivity index (χ1n) is 7.12. The van der Waals surface area contributed by atoms with Crippen LogP contribution in [-0.2, 0) is 18.3 Å².